The van der Waals surface area contributed by atoms with E-state index in [2.05, 4.69) is 16.4 Å². The van der Waals surface area contributed by atoms with Gasteiger partial charge in [0, 0.05) is 31.4 Å². The van der Waals surface area contributed by atoms with Gasteiger partial charge in [0.2, 0.25) is 5.88 Å². The average Bonchev–Trinajstić information content (AvgIpc) is 3.45. The summed E-state index contributed by atoms with van der Waals surface area (Å²) in [5, 5.41) is 12.4. The number of hydrogen-bond donors (Lipinski definition) is 2. The molecular weight excluding hydrogens is 513 g/mol. The number of likely N-dealkylation sites (N-methyl/N-ethyl adjacent to an activating group) is 1. The summed E-state index contributed by atoms with van der Waals surface area (Å²) in [5.41, 5.74) is 1.71. The lowest BCUT2D eigenvalue weighted by Gasteiger charge is -2.37. The standard InChI is InChI=1S/C28H33F3N4O4/c1-17-14-35(18(2)16-36)26(37)23-12-20(19-6-4-5-7-19)13-32-25(23)39-24(17)15-34(3)27(38)33-22-10-8-21(9-11-22)28(29,30)31/h6,8-13,17-18,24,36H,4-5,7,14-16H2,1-3H3,(H,33,38)/t17-,18+,24+/m1/s1. The first-order valence-corrected chi connectivity index (χ1v) is 12.9. The van der Waals surface area contributed by atoms with Crippen LogP contribution < -0.4 is 10.1 Å². The van der Waals surface area contributed by atoms with E-state index in [1.807, 2.05) is 6.92 Å². The molecule has 0 fully saturated rings. The minimum absolute atomic E-state index is 0.122. The molecule has 2 aliphatic rings. The number of alkyl halides is 3. The van der Waals surface area contributed by atoms with E-state index in [1.165, 1.54) is 17.0 Å². The molecular formula is C28H33F3N4O4. The van der Waals surface area contributed by atoms with Crippen molar-refractivity contribution in [1.29, 1.82) is 0 Å². The van der Waals surface area contributed by atoms with Crippen molar-refractivity contribution in [3.63, 3.8) is 0 Å². The molecule has 0 saturated carbocycles. The van der Waals surface area contributed by atoms with Gasteiger partial charge < -0.3 is 25.0 Å². The molecule has 0 radical (unpaired) electrons. The fourth-order valence-corrected chi connectivity index (χ4v) is 4.74. The van der Waals surface area contributed by atoms with Crippen LogP contribution in [0.3, 0.4) is 0 Å². The molecule has 3 atom stereocenters. The third-order valence-electron chi connectivity index (χ3n) is 7.20. The quantitative estimate of drug-likeness (QED) is 0.529. The maximum absolute atomic E-state index is 13.6. The Morgan fingerprint density at radius 3 is 2.64 bits per heavy atom. The maximum atomic E-state index is 13.6. The fourth-order valence-electron chi connectivity index (χ4n) is 4.74. The van der Waals surface area contributed by atoms with Crippen molar-refractivity contribution in [3.05, 3.63) is 59.3 Å². The Kier molecular flexibility index (Phi) is 8.48. The number of aliphatic hydroxyl groups excluding tert-OH is 1. The summed E-state index contributed by atoms with van der Waals surface area (Å²) in [6, 6.07) is 5.01. The van der Waals surface area contributed by atoms with Gasteiger partial charge in [-0.25, -0.2) is 9.78 Å². The van der Waals surface area contributed by atoms with Crippen LogP contribution in [0.5, 0.6) is 5.88 Å². The topological polar surface area (TPSA) is 95.0 Å². The minimum Gasteiger partial charge on any atom is -0.472 e. The zero-order valence-electron chi connectivity index (χ0n) is 22.2. The van der Waals surface area contributed by atoms with Gasteiger partial charge in [-0.2, -0.15) is 13.2 Å². The lowest BCUT2D eigenvalue weighted by molar-refractivity contribution is -0.137. The highest BCUT2D eigenvalue weighted by Gasteiger charge is 2.35. The highest BCUT2D eigenvalue weighted by Crippen LogP contribution is 2.33. The molecule has 4 rings (SSSR count). The van der Waals surface area contributed by atoms with Crippen LogP contribution in [0.25, 0.3) is 5.57 Å². The second-order valence-electron chi connectivity index (χ2n) is 10.2. The molecule has 0 saturated heterocycles. The number of rotatable bonds is 6. The largest absolute Gasteiger partial charge is 0.472 e. The Hall–Kier alpha value is -3.60. The number of nitrogens with zero attached hydrogens (tertiary/aromatic N) is 3. The van der Waals surface area contributed by atoms with Crippen LogP contribution in [-0.4, -0.2) is 70.7 Å². The number of hydrogen-bond acceptors (Lipinski definition) is 5. The van der Waals surface area contributed by atoms with Crippen molar-refractivity contribution in [1.82, 2.24) is 14.8 Å². The van der Waals surface area contributed by atoms with Crippen molar-refractivity contribution in [3.8, 4) is 5.88 Å². The van der Waals surface area contributed by atoms with E-state index in [4.69, 9.17) is 4.74 Å². The molecule has 11 heteroatoms. The first-order valence-electron chi connectivity index (χ1n) is 12.9. The highest BCUT2D eigenvalue weighted by molar-refractivity contribution is 5.97. The maximum Gasteiger partial charge on any atom is 0.416 e. The van der Waals surface area contributed by atoms with Crippen molar-refractivity contribution < 1.29 is 32.6 Å². The van der Waals surface area contributed by atoms with Gasteiger partial charge in [-0.05, 0) is 67.7 Å². The number of ether oxygens (including phenoxy) is 1. The number of pyridine rings is 1. The molecule has 0 unspecified atom stereocenters. The van der Waals surface area contributed by atoms with Crippen molar-refractivity contribution >= 4 is 23.2 Å². The molecule has 210 valence electrons. The van der Waals surface area contributed by atoms with Crippen LogP contribution in [-0.2, 0) is 6.18 Å². The molecule has 0 spiro atoms. The lowest BCUT2D eigenvalue weighted by Crippen LogP contribution is -2.50. The molecule has 1 aliphatic carbocycles. The molecule has 0 bridgehead atoms. The van der Waals surface area contributed by atoms with Crippen LogP contribution in [0.4, 0.5) is 23.7 Å². The van der Waals surface area contributed by atoms with E-state index in [-0.39, 0.29) is 43.1 Å². The summed E-state index contributed by atoms with van der Waals surface area (Å²) < 4.78 is 44.8. The highest BCUT2D eigenvalue weighted by atomic mass is 19.4. The minimum atomic E-state index is -4.47. The number of aliphatic hydroxyl groups is 1. The van der Waals surface area contributed by atoms with E-state index in [0.717, 1.165) is 42.5 Å². The van der Waals surface area contributed by atoms with Gasteiger partial charge in [-0.15, -0.1) is 0 Å². The molecule has 1 aromatic heterocycles. The normalized spacial score (nSPS) is 20.3. The second-order valence-corrected chi connectivity index (χ2v) is 10.2. The Morgan fingerprint density at radius 1 is 1.31 bits per heavy atom. The molecule has 3 amide bonds. The van der Waals surface area contributed by atoms with Gasteiger partial charge in [0.25, 0.3) is 5.91 Å². The van der Waals surface area contributed by atoms with E-state index in [1.54, 1.807) is 31.1 Å². The smallest absolute Gasteiger partial charge is 0.416 e. The molecule has 1 aromatic carbocycles. The summed E-state index contributed by atoms with van der Waals surface area (Å²) in [6.07, 6.45) is 1.74. The lowest BCUT2D eigenvalue weighted by atomic mass is 9.99. The van der Waals surface area contributed by atoms with E-state index in [0.29, 0.717) is 5.56 Å². The van der Waals surface area contributed by atoms with Gasteiger partial charge in [0.05, 0.1) is 24.8 Å². The summed E-state index contributed by atoms with van der Waals surface area (Å²) >= 11 is 0. The number of fused-ring (bicyclic) bond motifs is 1. The predicted molar refractivity (Wildman–Crippen MR) is 140 cm³/mol. The molecule has 2 aromatic rings. The number of carbonyl (C=O) groups is 2. The van der Waals surface area contributed by atoms with Crippen LogP contribution in [0, 0.1) is 5.92 Å². The molecule has 8 nitrogen and oxygen atoms in total. The molecule has 2 heterocycles. The summed E-state index contributed by atoms with van der Waals surface area (Å²) in [6.45, 7) is 3.84. The molecule has 2 N–H and O–H groups in total. The Morgan fingerprint density at radius 2 is 2.03 bits per heavy atom. The number of urea groups is 1. The van der Waals surface area contributed by atoms with Gasteiger partial charge in [0.1, 0.15) is 11.7 Å². The van der Waals surface area contributed by atoms with E-state index in [9.17, 15) is 27.9 Å². The number of carbonyl (C=O) groups excluding carboxylic acids is 2. The zero-order valence-corrected chi connectivity index (χ0v) is 22.2. The predicted octanol–water partition coefficient (Wildman–Crippen LogP) is 5.05. The Labute approximate surface area is 225 Å². The number of amides is 3. The number of halogens is 3. The van der Waals surface area contributed by atoms with Crippen LogP contribution in [0.2, 0.25) is 0 Å². The number of benzene rings is 1. The number of allylic oxidation sites excluding steroid dienone is 2. The van der Waals surface area contributed by atoms with E-state index >= 15 is 0 Å². The number of anilines is 1. The first kappa shape index (κ1) is 28.4. The Balaban J connectivity index is 1.55. The summed E-state index contributed by atoms with van der Waals surface area (Å²) in [7, 11) is 1.55. The zero-order chi connectivity index (χ0) is 28.3. The van der Waals surface area contributed by atoms with E-state index < -0.39 is 29.9 Å². The summed E-state index contributed by atoms with van der Waals surface area (Å²) in [4.78, 5) is 33.9. The van der Waals surface area contributed by atoms with Crippen molar-refractivity contribution in [2.45, 2.75) is 51.4 Å². The van der Waals surface area contributed by atoms with Crippen LogP contribution in [0.1, 0.15) is 54.6 Å². The SMILES string of the molecule is C[C@@H]1CN([C@@H](C)CO)C(=O)c2cc(C3=CCCC3)cnc2O[C@H]1CN(C)C(=O)Nc1ccc(C(F)(F)F)cc1. The molecule has 1 aliphatic heterocycles. The van der Waals surface area contributed by atoms with Gasteiger partial charge >= 0.3 is 12.2 Å². The third kappa shape index (κ3) is 6.52. The third-order valence-corrected chi connectivity index (χ3v) is 7.20. The number of aromatic nitrogens is 1. The van der Waals surface area contributed by atoms with Crippen LogP contribution >= 0.6 is 0 Å². The van der Waals surface area contributed by atoms with Gasteiger partial charge in [-0.3, -0.25) is 4.79 Å². The van der Waals surface area contributed by atoms with Gasteiger partial charge in [-0.1, -0.05) is 13.0 Å². The number of nitrogens with one attached hydrogen (secondary N) is 1. The second kappa shape index (κ2) is 11.6. The monoisotopic (exact) mass is 546 g/mol. The summed E-state index contributed by atoms with van der Waals surface area (Å²) in [5.74, 6) is -0.361. The van der Waals surface area contributed by atoms with Crippen molar-refractivity contribution in [2.75, 3.05) is 32.1 Å². The average molecular weight is 547 g/mol. The molecule has 39 heavy (non-hydrogen) atoms. The Bertz CT molecular complexity index is 1230. The fraction of sp³-hybridized carbons (Fsp3) is 0.464. The van der Waals surface area contributed by atoms with Crippen molar-refractivity contribution in [2.24, 2.45) is 5.92 Å². The van der Waals surface area contributed by atoms with Gasteiger partial charge in [0.15, 0.2) is 0 Å². The van der Waals surface area contributed by atoms with Crippen LogP contribution in [0.15, 0.2) is 42.6 Å². The first-order chi connectivity index (χ1) is 18.5.